The summed E-state index contributed by atoms with van der Waals surface area (Å²) in [6.45, 7) is 4.30. The summed E-state index contributed by atoms with van der Waals surface area (Å²) in [5.41, 5.74) is 7.89. The Hall–Kier alpha value is -4.93. The molecular formula is C58H44Cl2Zr2-2. The Morgan fingerprint density at radius 2 is 0.516 bits per heavy atom. The molecule has 62 heavy (non-hydrogen) atoms. The number of halogens is 2. The van der Waals surface area contributed by atoms with Gasteiger partial charge in [-0.05, 0) is 11.1 Å². The van der Waals surface area contributed by atoms with Crippen LogP contribution in [0.2, 0.25) is 0 Å². The summed E-state index contributed by atoms with van der Waals surface area (Å²) in [5.74, 6) is 0. The fraction of sp³-hybridized carbons (Fsp3) is 0.0345. The summed E-state index contributed by atoms with van der Waals surface area (Å²) >= 11 is 0. The van der Waals surface area contributed by atoms with Gasteiger partial charge in [-0.1, -0.05) is 171 Å². The van der Waals surface area contributed by atoms with Gasteiger partial charge < -0.3 is 24.8 Å². The molecule has 12 aromatic carbocycles. The standard InChI is InChI=1S/2C16H13.2C13H9.2ClH.2Zr/c2*1-12-10-14-8-5-9-15(16(14)11-12)13-6-3-2-4-7-13;2*1-3-7-12-10(5-1)9-11-6-2-4-8-13(11)12;;;;/h2*2-11H,1H3;2*1-9H;2*1H;;/q4*-1;;;2*+2/p-2. The second kappa shape index (κ2) is 22.4. The predicted molar refractivity (Wildman–Crippen MR) is 254 cm³/mol. The van der Waals surface area contributed by atoms with E-state index in [0.717, 1.165) is 0 Å². The number of fused-ring (bicyclic) bond motifs is 8. The first-order valence-corrected chi connectivity index (χ1v) is 20.1. The summed E-state index contributed by atoms with van der Waals surface area (Å²) in [6, 6.07) is 81.7. The van der Waals surface area contributed by atoms with Crippen molar-refractivity contribution in [2.24, 2.45) is 0 Å². The van der Waals surface area contributed by atoms with E-state index in [1.54, 1.807) is 0 Å². The van der Waals surface area contributed by atoms with Crippen molar-refractivity contribution < 1.29 is 77.2 Å². The largest absolute Gasteiger partial charge is 2.00 e. The molecule has 0 unspecified atom stereocenters. The van der Waals surface area contributed by atoms with Gasteiger partial charge in [0, 0.05) is 0 Å². The molecule has 0 saturated heterocycles. The number of hydrogen-bond donors (Lipinski definition) is 0. The van der Waals surface area contributed by atoms with E-state index in [2.05, 4.69) is 244 Å². The Bertz CT molecular complexity index is 2930. The molecule has 0 aliphatic rings. The van der Waals surface area contributed by atoms with Gasteiger partial charge in [0.1, 0.15) is 0 Å². The van der Waals surface area contributed by atoms with Gasteiger partial charge in [-0.2, -0.15) is 12.1 Å². The smallest absolute Gasteiger partial charge is 1.00 e. The Morgan fingerprint density at radius 3 is 0.839 bits per heavy atom. The van der Waals surface area contributed by atoms with Crippen LogP contribution < -0.4 is 24.8 Å². The fourth-order valence-electron chi connectivity index (χ4n) is 8.32. The molecule has 0 amide bonds. The van der Waals surface area contributed by atoms with E-state index >= 15 is 0 Å². The zero-order chi connectivity index (χ0) is 39.3. The quantitative estimate of drug-likeness (QED) is 0.151. The van der Waals surface area contributed by atoms with E-state index < -0.39 is 0 Å². The van der Waals surface area contributed by atoms with Crippen LogP contribution in [-0.4, -0.2) is 0 Å². The van der Waals surface area contributed by atoms with Gasteiger partial charge in [0.2, 0.25) is 0 Å². The zero-order valence-electron chi connectivity index (χ0n) is 34.7. The van der Waals surface area contributed by atoms with E-state index in [4.69, 9.17) is 0 Å². The van der Waals surface area contributed by atoms with Crippen LogP contribution in [0.25, 0.3) is 86.9 Å². The Morgan fingerprint density at radius 1 is 0.258 bits per heavy atom. The first kappa shape index (κ1) is 48.1. The van der Waals surface area contributed by atoms with Crippen LogP contribution in [0.1, 0.15) is 11.1 Å². The monoisotopic (exact) mass is 990 g/mol. The summed E-state index contributed by atoms with van der Waals surface area (Å²) in [4.78, 5) is 0. The molecule has 0 radical (unpaired) electrons. The molecule has 0 atom stereocenters. The van der Waals surface area contributed by atoms with Crippen molar-refractivity contribution in [1.82, 2.24) is 0 Å². The van der Waals surface area contributed by atoms with Crippen molar-refractivity contribution in [3.63, 3.8) is 0 Å². The Kier molecular flexibility index (Phi) is 17.4. The Balaban J connectivity index is 0.000000153. The molecule has 0 saturated carbocycles. The van der Waals surface area contributed by atoms with Crippen LogP contribution >= 0.6 is 0 Å². The molecule has 12 rings (SSSR count). The van der Waals surface area contributed by atoms with Crippen molar-refractivity contribution in [1.29, 1.82) is 0 Å². The summed E-state index contributed by atoms with van der Waals surface area (Å²) in [6.07, 6.45) is 0. The molecule has 0 aromatic heterocycles. The van der Waals surface area contributed by atoms with Crippen LogP contribution in [0.15, 0.2) is 231 Å². The van der Waals surface area contributed by atoms with Crippen LogP contribution in [0.5, 0.6) is 0 Å². The second-order valence-corrected chi connectivity index (χ2v) is 15.1. The molecule has 0 heterocycles. The van der Waals surface area contributed by atoms with Crippen molar-refractivity contribution in [3.8, 4) is 22.3 Å². The van der Waals surface area contributed by atoms with Crippen LogP contribution in [0.3, 0.4) is 0 Å². The Labute approximate surface area is 415 Å². The molecular weight excluding hydrogens is 950 g/mol. The van der Waals surface area contributed by atoms with Gasteiger partial charge in [-0.3, -0.25) is 0 Å². The first-order chi connectivity index (χ1) is 28.6. The molecule has 0 aliphatic carbocycles. The van der Waals surface area contributed by atoms with E-state index in [0.29, 0.717) is 0 Å². The fourth-order valence-corrected chi connectivity index (χ4v) is 8.32. The van der Waals surface area contributed by atoms with E-state index in [1.165, 1.54) is 98.0 Å². The van der Waals surface area contributed by atoms with Gasteiger partial charge in [-0.15, -0.1) is 149 Å². The van der Waals surface area contributed by atoms with Gasteiger partial charge in [0.05, 0.1) is 0 Å². The van der Waals surface area contributed by atoms with Gasteiger partial charge >= 0.3 is 52.4 Å². The predicted octanol–water partition coefficient (Wildman–Crippen LogP) is 10.5. The van der Waals surface area contributed by atoms with Crippen molar-refractivity contribution >= 4 is 64.6 Å². The average Bonchev–Trinajstić information content (AvgIpc) is 4.06. The molecule has 0 N–H and O–H groups in total. The van der Waals surface area contributed by atoms with Gasteiger partial charge in [0.25, 0.3) is 0 Å². The summed E-state index contributed by atoms with van der Waals surface area (Å²) in [5, 5.41) is 16.2. The average molecular weight is 994 g/mol. The number of hydrogen-bond acceptors (Lipinski definition) is 0. The van der Waals surface area contributed by atoms with E-state index in [9.17, 15) is 0 Å². The van der Waals surface area contributed by atoms with Crippen LogP contribution in [0.4, 0.5) is 0 Å². The minimum atomic E-state index is 0. The zero-order valence-corrected chi connectivity index (χ0v) is 41.1. The molecule has 0 spiro atoms. The van der Waals surface area contributed by atoms with Crippen molar-refractivity contribution in [3.05, 3.63) is 242 Å². The minimum Gasteiger partial charge on any atom is -1.00 e. The van der Waals surface area contributed by atoms with Crippen molar-refractivity contribution in [2.45, 2.75) is 13.8 Å². The summed E-state index contributed by atoms with van der Waals surface area (Å²) in [7, 11) is 0. The first-order valence-electron chi connectivity index (χ1n) is 20.1. The number of aryl methyl sites for hydroxylation is 2. The number of benzene rings is 8. The van der Waals surface area contributed by atoms with E-state index in [1.807, 2.05) is 0 Å². The van der Waals surface area contributed by atoms with Gasteiger partial charge in [-0.25, -0.2) is 0 Å². The third-order valence-corrected chi connectivity index (χ3v) is 11.0. The maximum atomic E-state index is 2.26. The molecule has 12 aromatic rings. The third-order valence-electron chi connectivity index (χ3n) is 11.0. The van der Waals surface area contributed by atoms with Gasteiger partial charge in [0.15, 0.2) is 0 Å². The maximum Gasteiger partial charge on any atom is 2.00 e. The SMILES string of the molecule is Cc1cc2c(-c3ccccc3)cccc2[cH-]1.Cc1cc2c(-c3ccccc3)cccc2[cH-]1.[Cl-].[Cl-].[Zr+2].[Zr+2].c1ccc2c(c1)[cH-]c1ccccc12.c1ccc2c(c1)[cH-]c1ccccc12. The number of rotatable bonds is 2. The van der Waals surface area contributed by atoms with Crippen LogP contribution in [-0.2, 0) is 52.4 Å². The molecule has 0 nitrogen and oxygen atoms in total. The van der Waals surface area contributed by atoms with Crippen LogP contribution in [0, 0.1) is 13.8 Å². The molecule has 0 fully saturated rings. The molecule has 0 bridgehead atoms. The second-order valence-electron chi connectivity index (χ2n) is 15.1. The minimum absolute atomic E-state index is 0. The third kappa shape index (κ3) is 10.6. The topological polar surface area (TPSA) is 0 Å². The molecule has 300 valence electrons. The molecule has 4 heteroatoms. The molecule has 0 aliphatic heterocycles. The van der Waals surface area contributed by atoms with Crippen molar-refractivity contribution in [2.75, 3.05) is 0 Å². The normalized spacial score (nSPS) is 10.2. The summed E-state index contributed by atoms with van der Waals surface area (Å²) < 4.78 is 0. The van der Waals surface area contributed by atoms with E-state index in [-0.39, 0.29) is 77.2 Å². The maximum absolute atomic E-state index is 2.26.